The predicted octanol–water partition coefficient (Wildman–Crippen LogP) is 6.96. The summed E-state index contributed by atoms with van der Waals surface area (Å²) in [6.45, 7) is 7.24. The summed E-state index contributed by atoms with van der Waals surface area (Å²) >= 11 is 1.73. The number of fused-ring (bicyclic) bond motifs is 2. The first-order chi connectivity index (χ1) is 17.8. The number of para-hydroxylation sites is 3. The van der Waals surface area contributed by atoms with E-state index in [1.807, 2.05) is 48.5 Å². The molecule has 0 spiro atoms. The van der Waals surface area contributed by atoms with Crippen LogP contribution in [0.5, 0.6) is 0 Å². The van der Waals surface area contributed by atoms with Gasteiger partial charge in [0.1, 0.15) is 18.0 Å². The minimum absolute atomic E-state index is 0.113. The van der Waals surface area contributed by atoms with Gasteiger partial charge in [-0.3, -0.25) is 4.98 Å². The summed E-state index contributed by atoms with van der Waals surface area (Å²) in [5.41, 5.74) is 6.09. The Labute approximate surface area is 211 Å². The van der Waals surface area contributed by atoms with Crippen LogP contribution in [-0.2, 0) is 0 Å². The van der Waals surface area contributed by atoms with Crippen LogP contribution in [0.15, 0.2) is 101 Å². The average Bonchev–Trinajstić information content (AvgIpc) is 2.95. The lowest BCUT2D eigenvalue weighted by atomic mass is 9.98. The summed E-state index contributed by atoms with van der Waals surface area (Å²) < 4.78 is 0. The van der Waals surface area contributed by atoms with Gasteiger partial charge in [-0.2, -0.15) is 5.26 Å². The lowest BCUT2D eigenvalue weighted by Gasteiger charge is -2.35. The molecule has 1 aliphatic rings. The Morgan fingerprint density at radius 3 is 2.03 bits per heavy atom. The summed E-state index contributed by atoms with van der Waals surface area (Å²) in [6, 6.07) is 24.5. The van der Waals surface area contributed by atoms with Gasteiger partial charge in [-0.1, -0.05) is 60.8 Å². The summed E-state index contributed by atoms with van der Waals surface area (Å²) in [4.78, 5) is 25.1. The van der Waals surface area contributed by atoms with Crippen LogP contribution in [0.4, 0.5) is 22.9 Å². The molecule has 0 unspecified atom stereocenters. The lowest BCUT2D eigenvalue weighted by molar-refractivity contribution is 1.11. The molecule has 0 N–H and O–H groups in total. The van der Waals surface area contributed by atoms with Crippen molar-refractivity contribution in [1.29, 1.82) is 5.26 Å². The van der Waals surface area contributed by atoms with Gasteiger partial charge in [0.2, 0.25) is 5.82 Å². The topological polar surface area (TPSA) is 82.9 Å². The number of rotatable bonds is 3. The third-order valence-electron chi connectivity index (χ3n) is 5.78. The van der Waals surface area contributed by atoms with E-state index in [1.54, 1.807) is 30.4 Å². The van der Waals surface area contributed by atoms with Crippen LogP contribution < -0.4 is 4.90 Å². The van der Waals surface area contributed by atoms with Gasteiger partial charge in [-0.25, -0.2) is 9.97 Å². The van der Waals surface area contributed by atoms with E-state index in [9.17, 15) is 5.26 Å². The molecule has 36 heavy (non-hydrogen) atoms. The van der Waals surface area contributed by atoms with Gasteiger partial charge < -0.3 is 9.74 Å². The zero-order valence-corrected chi connectivity index (χ0v) is 19.5. The second-order valence-electron chi connectivity index (χ2n) is 7.85. The van der Waals surface area contributed by atoms with Crippen molar-refractivity contribution in [2.45, 2.75) is 9.79 Å². The van der Waals surface area contributed by atoms with Crippen LogP contribution in [0.1, 0.15) is 5.82 Å². The van der Waals surface area contributed by atoms with Crippen LogP contribution in [0.2, 0.25) is 0 Å². The Hall–Kier alpha value is -5.05. The van der Waals surface area contributed by atoms with Crippen molar-refractivity contribution in [3.8, 4) is 28.5 Å². The first-order valence-corrected chi connectivity index (χ1v) is 11.8. The Bertz CT molecular complexity index is 1560. The standard InChI is InChI=1S/C28H15N7S/c1-30-27-17-31-21(16-34-27)20-8-6-7-19(18-14-32-26(13-29)33-15-18)28(20)35-22-9-2-4-11-24(22)36-25-12-5-3-10-23(25)35/h2-12,14-17H. The van der Waals surface area contributed by atoms with Crippen LogP contribution in [0.25, 0.3) is 27.2 Å². The van der Waals surface area contributed by atoms with Gasteiger partial charge in [0.25, 0.3) is 5.82 Å². The fourth-order valence-corrected chi connectivity index (χ4v) is 5.27. The second-order valence-corrected chi connectivity index (χ2v) is 8.94. The van der Waals surface area contributed by atoms with Gasteiger partial charge in [-0.15, -0.1) is 4.98 Å². The van der Waals surface area contributed by atoms with Crippen LogP contribution in [0.3, 0.4) is 0 Å². The minimum Gasteiger partial charge on any atom is -0.359 e. The van der Waals surface area contributed by atoms with E-state index < -0.39 is 0 Å². The van der Waals surface area contributed by atoms with E-state index in [4.69, 9.17) is 6.57 Å². The zero-order chi connectivity index (χ0) is 24.5. The molecule has 1 aliphatic heterocycles. The number of nitrogens with zero attached hydrogens (tertiary/aromatic N) is 7. The highest BCUT2D eigenvalue weighted by Gasteiger charge is 2.29. The van der Waals surface area contributed by atoms with Crippen LogP contribution >= 0.6 is 11.8 Å². The summed E-state index contributed by atoms with van der Waals surface area (Å²) in [5.74, 6) is 0.351. The van der Waals surface area contributed by atoms with Crippen molar-refractivity contribution >= 4 is 34.6 Å². The molecule has 0 saturated heterocycles. The number of anilines is 3. The smallest absolute Gasteiger partial charge is 0.287 e. The molecule has 3 aromatic carbocycles. The molecule has 168 valence electrons. The fourth-order valence-electron chi connectivity index (χ4n) is 4.21. The molecule has 6 rings (SSSR count). The number of hydrogen-bond donors (Lipinski definition) is 0. The average molecular weight is 482 g/mol. The van der Waals surface area contributed by atoms with E-state index in [0.717, 1.165) is 43.5 Å². The molecule has 0 atom stereocenters. The van der Waals surface area contributed by atoms with Gasteiger partial charge >= 0.3 is 0 Å². The van der Waals surface area contributed by atoms with Crippen molar-refractivity contribution in [2.24, 2.45) is 0 Å². The quantitative estimate of drug-likeness (QED) is 0.253. The van der Waals surface area contributed by atoms with Crippen LogP contribution in [0, 0.1) is 17.9 Å². The highest BCUT2D eigenvalue weighted by Crippen LogP contribution is 2.54. The predicted molar refractivity (Wildman–Crippen MR) is 138 cm³/mol. The Morgan fingerprint density at radius 2 is 1.42 bits per heavy atom. The Kier molecular flexibility index (Phi) is 5.34. The third kappa shape index (κ3) is 3.63. The summed E-state index contributed by atoms with van der Waals surface area (Å²) in [5, 5.41) is 9.19. The van der Waals surface area contributed by atoms with Crippen molar-refractivity contribution < 1.29 is 0 Å². The molecule has 0 radical (unpaired) electrons. The lowest BCUT2D eigenvalue weighted by Crippen LogP contribution is -2.17. The van der Waals surface area contributed by atoms with Gasteiger partial charge in [0.05, 0.1) is 23.3 Å². The summed E-state index contributed by atoms with van der Waals surface area (Å²) in [7, 11) is 0. The van der Waals surface area contributed by atoms with E-state index >= 15 is 0 Å². The molecule has 0 aliphatic carbocycles. The van der Waals surface area contributed by atoms with Gasteiger partial charge in [0, 0.05) is 38.9 Å². The maximum absolute atomic E-state index is 9.19. The summed E-state index contributed by atoms with van der Waals surface area (Å²) in [6.07, 6.45) is 6.44. The normalized spacial score (nSPS) is 11.7. The molecule has 5 aromatic rings. The molecular formula is C28H15N7S. The van der Waals surface area contributed by atoms with E-state index in [0.29, 0.717) is 5.69 Å². The minimum atomic E-state index is 0.113. The first kappa shape index (κ1) is 21.5. The molecular weight excluding hydrogens is 466 g/mol. The number of aromatic nitrogens is 4. The second kappa shape index (κ2) is 8.95. The molecule has 0 bridgehead atoms. The van der Waals surface area contributed by atoms with Gasteiger partial charge in [-0.05, 0) is 24.3 Å². The monoisotopic (exact) mass is 481 g/mol. The van der Waals surface area contributed by atoms with Crippen molar-refractivity contribution in [3.63, 3.8) is 0 Å². The molecule has 2 aromatic heterocycles. The highest BCUT2D eigenvalue weighted by molar-refractivity contribution is 7.99. The largest absolute Gasteiger partial charge is 0.359 e. The molecule has 0 amide bonds. The Balaban J connectivity index is 1.67. The maximum Gasteiger partial charge on any atom is 0.287 e. The Morgan fingerprint density at radius 1 is 0.750 bits per heavy atom. The van der Waals surface area contributed by atoms with E-state index in [2.05, 4.69) is 53.9 Å². The van der Waals surface area contributed by atoms with Crippen molar-refractivity contribution in [2.75, 3.05) is 4.90 Å². The number of nitriles is 1. The molecule has 3 heterocycles. The fraction of sp³-hybridized carbons (Fsp3) is 0. The third-order valence-corrected chi connectivity index (χ3v) is 6.91. The van der Waals surface area contributed by atoms with Crippen LogP contribution in [-0.4, -0.2) is 19.9 Å². The van der Waals surface area contributed by atoms with Crippen molar-refractivity contribution in [3.05, 3.63) is 109 Å². The van der Waals surface area contributed by atoms with Crippen molar-refractivity contribution in [1.82, 2.24) is 19.9 Å². The van der Waals surface area contributed by atoms with Gasteiger partial charge in [0.15, 0.2) is 0 Å². The maximum atomic E-state index is 9.19. The number of hydrogen-bond acceptors (Lipinski definition) is 7. The molecule has 0 fully saturated rings. The zero-order valence-electron chi connectivity index (χ0n) is 18.7. The van der Waals surface area contributed by atoms with E-state index in [-0.39, 0.29) is 11.6 Å². The van der Waals surface area contributed by atoms with E-state index in [1.165, 1.54) is 6.20 Å². The number of benzene rings is 3. The molecule has 8 heteroatoms. The first-order valence-electron chi connectivity index (χ1n) is 11.0. The SMILES string of the molecule is [C-]#[N+]c1cnc(-c2cccc(-c3cnc(C#N)nc3)c2N2c3ccccc3Sc3ccccc32)cn1. The molecule has 0 saturated carbocycles. The highest BCUT2D eigenvalue weighted by atomic mass is 32.2. The molecule has 7 nitrogen and oxygen atoms in total.